The predicted molar refractivity (Wildman–Crippen MR) is 80.6 cm³/mol. The molecular formula is C15H11Cl3O. The minimum Gasteiger partial charge on any atom is -0.294 e. The number of carbonyl (C=O) groups excluding carboxylic acids is 1. The third kappa shape index (κ3) is 3.97. The summed E-state index contributed by atoms with van der Waals surface area (Å²) in [6, 6.07) is 12.2. The Hall–Kier alpha value is -1.02. The van der Waals surface area contributed by atoms with Gasteiger partial charge in [-0.3, -0.25) is 4.79 Å². The Labute approximate surface area is 127 Å². The zero-order chi connectivity index (χ0) is 13.8. The first-order valence-corrected chi connectivity index (χ1v) is 6.92. The van der Waals surface area contributed by atoms with E-state index in [4.69, 9.17) is 34.8 Å². The van der Waals surface area contributed by atoms with E-state index in [2.05, 4.69) is 0 Å². The van der Waals surface area contributed by atoms with Crippen molar-refractivity contribution < 1.29 is 4.79 Å². The number of hydrogen-bond donors (Lipinski definition) is 0. The molecule has 0 radical (unpaired) electrons. The molecule has 0 fully saturated rings. The number of ketones is 1. The fourth-order valence-electron chi connectivity index (χ4n) is 1.75. The van der Waals surface area contributed by atoms with Crippen molar-refractivity contribution in [3.05, 3.63) is 68.7 Å². The third-order valence-electron chi connectivity index (χ3n) is 2.80. The molecule has 4 heteroatoms. The van der Waals surface area contributed by atoms with Crippen LogP contribution in [0.3, 0.4) is 0 Å². The zero-order valence-corrected chi connectivity index (χ0v) is 12.3. The average Bonchev–Trinajstić information content (AvgIpc) is 2.38. The van der Waals surface area contributed by atoms with Crippen LogP contribution in [-0.4, -0.2) is 5.78 Å². The van der Waals surface area contributed by atoms with Crippen molar-refractivity contribution in [1.29, 1.82) is 0 Å². The van der Waals surface area contributed by atoms with Crippen molar-refractivity contribution in [2.24, 2.45) is 0 Å². The molecule has 2 rings (SSSR count). The molecule has 0 spiro atoms. The number of hydrogen-bond acceptors (Lipinski definition) is 1. The lowest BCUT2D eigenvalue weighted by Crippen LogP contribution is -2.01. The molecule has 98 valence electrons. The van der Waals surface area contributed by atoms with E-state index in [1.54, 1.807) is 36.4 Å². The lowest BCUT2D eigenvalue weighted by Gasteiger charge is -2.05. The quantitative estimate of drug-likeness (QED) is 0.685. The van der Waals surface area contributed by atoms with E-state index >= 15 is 0 Å². The number of aryl methyl sites for hydroxylation is 1. The summed E-state index contributed by atoms with van der Waals surface area (Å²) in [5, 5.41) is 1.81. The fourth-order valence-corrected chi connectivity index (χ4v) is 2.38. The lowest BCUT2D eigenvalue weighted by atomic mass is 10.0. The van der Waals surface area contributed by atoms with E-state index in [-0.39, 0.29) is 5.78 Å². The summed E-state index contributed by atoms with van der Waals surface area (Å²) in [5.41, 5.74) is 1.59. The highest BCUT2D eigenvalue weighted by molar-refractivity contribution is 6.35. The van der Waals surface area contributed by atoms with Crippen molar-refractivity contribution >= 4 is 40.6 Å². The van der Waals surface area contributed by atoms with Gasteiger partial charge in [-0.1, -0.05) is 40.9 Å². The number of carbonyl (C=O) groups is 1. The summed E-state index contributed by atoms with van der Waals surface area (Å²) in [7, 11) is 0. The molecule has 0 aliphatic carbocycles. The molecule has 0 saturated heterocycles. The largest absolute Gasteiger partial charge is 0.294 e. The SMILES string of the molecule is O=C(CCc1ccc(Cl)cc1Cl)c1ccc(Cl)cc1. The van der Waals surface area contributed by atoms with Gasteiger partial charge in [0.15, 0.2) is 5.78 Å². The van der Waals surface area contributed by atoms with Crippen LogP contribution in [0.4, 0.5) is 0 Å². The summed E-state index contributed by atoms with van der Waals surface area (Å²) in [6.07, 6.45) is 1.00. The van der Waals surface area contributed by atoms with Crippen LogP contribution in [0.2, 0.25) is 15.1 Å². The second-order valence-electron chi connectivity index (χ2n) is 4.17. The Morgan fingerprint density at radius 1 is 0.895 bits per heavy atom. The second-order valence-corrected chi connectivity index (χ2v) is 5.45. The molecule has 0 aromatic heterocycles. The highest BCUT2D eigenvalue weighted by Gasteiger charge is 2.08. The fraction of sp³-hybridized carbons (Fsp3) is 0.133. The van der Waals surface area contributed by atoms with Gasteiger partial charge in [0, 0.05) is 27.1 Å². The molecule has 1 nitrogen and oxygen atoms in total. The Morgan fingerprint density at radius 2 is 1.53 bits per heavy atom. The molecule has 0 N–H and O–H groups in total. The van der Waals surface area contributed by atoms with Gasteiger partial charge in [-0.25, -0.2) is 0 Å². The van der Waals surface area contributed by atoms with E-state index in [1.165, 1.54) is 0 Å². The molecule has 19 heavy (non-hydrogen) atoms. The number of halogens is 3. The minimum absolute atomic E-state index is 0.0719. The Kier molecular flexibility index (Phi) is 4.87. The maximum absolute atomic E-state index is 12.0. The van der Waals surface area contributed by atoms with E-state index in [0.29, 0.717) is 33.5 Å². The first-order valence-electron chi connectivity index (χ1n) is 5.79. The van der Waals surface area contributed by atoms with Gasteiger partial charge in [-0.15, -0.1) is 0 Å². The average molecular weight is 314 g/mol. The van der Waals surface area contributed by atoms with Crippen LogP contribution in [0.5, 0.6) is 0 Å². The van der Waals surface area contributed by atoms with Crippen LogP contribution in [0.1, 0.15) is 22.3 Å². The molecule has 0 aliphatic heterocycles. The molecule has 0 unspecified atom stereocenters. The highest BCUT2D eigenvalue weighted by atomic mass is 35.5. The first kappa shape index (κ1) is 14.4. The molecule has 2 aromatic rings. The van der Waals surface area contributed by atoms with Crippen molar-refractivity contribution in [1.82, 2.24) is 0 Å². The van der Waals surface area contributed by atoms with E-state index in [0.717, 1.165) is 5.56 Å². The summed E-state index contributed by atoms with van der Waals surface area (Å²) >= 11 is 17.7. The van der Waals surface area contributed by atoms with Crippen LogP contribution >= 0.6 is 34.8 Å². The first-order chi connectivity index (χ1) is 9.06. The van der Waals surface area contributed by atoms with Crippen molar-refractivity contribution in [3.8, 4) is 0 Å². The number of Topliss-reactive ketones (excluding diaryl/α,β-unsaturated/α-hetero) is 1. The number of rotatable bonds is 4. The van der Waals surface area contributed by atoms with Crippen molar-refractivity contribution in [2.45, 2.75) is 12.8 Å². The van der Waals surface area contributed by atoms with Crippen molar-refractivity contribution in [3.63, 3.8) is 0 Å². The second kappa shape index (κ2) is 6.42. The molecule has 0 heterocycles. The monoisotopic (exact) mass is 312 g/mol. The predicted octanol–water partition coefficient (Wildman–Crippen LogP) is 5.46. The summed E-state index contributed by atoms with van der Waals surface area (Å²) in [6.45, 7) is 0. The molecule has 0 aliphatic rings. The summed E-state index contributed by atoms with van der Waals surface area (Å²) in [4.78, 5) is 12.0. The van der Waals surface area contributed by atoms with Crippen LogP contribution in [-0.2, 0) is 6.42 Å². The minimum atomic E-state index is 0.0719. The van der Waals surface area contributed by atoms with Gasteiger partial charge < -0.3 is 0 Å². The van der Waals surface area contributed by atoms with E-state index < -0.39 is 0 Å². The van der Waals surface area contributed by atoms with Gasteiger partial charge in [-0.05, 0) is 48.4 Å². The van der Waals surface area contributed by atoms with Crippen molar-refractivity contribution in [2.75, 3.05) is 0 Å². The highest BCUT2D eigenvalue weighted by Crippen LogP contribution is 2.22. The molecule has 0 atom stereocenters. The van der Waals surface area contributed by atoms with Gasteiger partial charge in [-0.2, -0.15) is 0 Å². The van der Waals surface area contributed by atoms with Crippen LogP contribution in [0.15, 0.2) is 42.5 Å². The summed E-state index contributed by atoms with van der Waals surface area (Å²) in [5.74, 6) is 0.0719. The summed E-state index contributed by atoms with van der Waals surface area (Å²) < 4.78 is 0. The van der Waals surface area contributed by atoms with Crippen LogP contribution < -0.4 is 0 Å². The van der Waals surface area contributed by atoms with Crippen LogP contribution in [0, 0.1) is 0 Å². The molecule has 0 amide bonds. The van der Waals surface area contributed by atoms with Gasteiger partial charge in [0.1, 0.15) is 0 Å². The zero-order valence-electron chi connectivity index (χ0n) is 10.00. The van der Waals surface area contributed by atoms with Gasteiger partial charge in [0.2, 0.25) is 0 Å². The molecule has 0 saturated carbocycles. The standard InChI is InChI=1S/C15H11Cl3O/c16-12-5-2-11(3-6-12)15(19)8-4-10-1-7-13(17)9-14(10)18/h1-3,5-7,9H,4,8H2. The van der Waals surface area contributed by atoms with E-state index in [1.807, 2.05) is 6.07 Å². The van der Waals surface area contributed by atoms with Crippen LogP contribution in [0.25, 0.3) is 0 Å². The molecular weight excluding hydrogens is 303 g/mol. The van der Waals surface area contributed by atoms with Gasteiger partial charge >= 0.3 is 0 Å². The van der Waals surface area contributed by atoms with Gasteiger partial charge in [0.05, 0.1) is 0 Å². The smallest absolute Gasteiger partial charge is 0.163 e. The molecule has 2 aromatic carbocycles. The van der Waals surface area contributed by atoms with Gasteiger partial charge in [0.25, 0.3) is 0 Å². The molecule has 0 bridgehead atoms. The van der Waals surface area contributed by atoms with E-state index in [9.17, 15) is 4.79 Å². The Bertz CT molecular complexity index is 591. The normalized spacial score (nSPS) is 10.5. The Morgan fingerprint density at radius 3 is 2.16 bits per heavy atom. The topological polar surface area (TPSA) is 17.1 Å². The maximum atomic E-state index is 12.0. The number of benzene rings is 2. The maximum Gasteiger partial charge on any atom is 0.163 e. The lowest BCUT2D eigenvalue weighted by molar-refractivity contribution is 0.0983. The Balaban J connectivity index is 2.02. The third-order valence-corrected chi connectivity index (χ3v) is 3.64.